The molecule has 15 heavy (non-hydrogen) atoms. The number of halogens is 4. The minimum absolute atomic E-state index is 0.132. The van der Waals surface area contributed by atoms with Crippen LogP contribution >= 0.6 is 15.9 Å². The Bertz CT molecular complexity index is 366. The highest BCUT2D eigenvalue weighted by Gasteiger charge is 2.18. The monoisotopic (exact) mass is 282 g/mol. The van der Waals surface area contributed by atoms with Gasteiger partial charge in [0.15, 0.2) is 17.4 Å². The summed E-state index contributed by atoms with van der Waals surface area (Å²) in [5.74, 6) is -3.48. The molecule has 0 N–H and O–H groups in total. The van der Waals surface area contributed by atoms with Gasteiger partial charge in [0, 0.05) is 6.07 Å². The quantitative estimate of drug-likeness (QED) is 0.604. The van der Waals surface area contributed by atoms with Crippen LogP contribution in [0.15, 0.2) is 10.5 Å². The Morgan fingerprint density at radius 2 is 1.87 bits per heavy atom. The van der Waals surface area contributed by atoms with E-state index in [1.54, 1.807) is 0 Å². The summed E-state index contributed by atoms with van der Waals surface area (Å²) in [4.78, 5) is 0. The zero-order chi connectivity index (χ0) is 11.6. The Morgan fingerprint density at radius 3 is 2.40 bits per heavy atom. The van der Waals surface area contributed by atoms with Crippen molar-refractivity contribution in [2.24, 2.45) is 5.92 Å². The van der Waals surface area contributed by atoms with E-state index in [2.05, 4.69) is 15.9 Å². The Morgan fingerprint density at radius 1 is 1.27 bits per heavy atom. The second kappa shape index (κ2) is 4.88. The average Bonchev–Trinajstić information content (AvgIpc) is 2.14. The molecule has 5 heteroatoms. The van der Waals surface area contributed by atoms with Gasteiger partial charge in [0.1, 0.15) is 5.82 Å². The van der Waals surface area contributed by atoms with Crippen molar-refractivity contribution in [1.29, 1.82) is 0 Å². The fraction of sp³-hybridized carbons (Fsp3) is 0.400. The molecule has 0 unspecified atom stereocenters. The van der Waals surface area contributed by atoms with Crippen molar-refractivity contribution in [3.63, 3.8) is 0 Å². The fourth-order valence-electron chi connectivity index (χ4n) is 0.932. The molecule has 0 aliphatic rings. The summed E-state index contributed by atoms with van der Waals surface area (Å²) in [5, 5.41) is 0. The molecule has 0 aliphatic carbocycles. The molecule has 0 spiro atoms. The van der Waals surface area contributed by atoms with Gasteiger partial charge in [0.05, 0.1) is 11.1 Å². The van der Waals surface area contributed by atoms with Gasteiger partial charge in [-0.2, -0.15) is 0 Å². The predicted octanol–water partition coefficient (Wildman–Crippen LogP) is 3.90. The van der Waals surface area contributed by atoms with Crippen LogP contribution in [-0.4, -0.2) is 6.61 Å². The Balaban J connectivity index is 3.02. The van der Waals surface area contributed by atoms with E-state index >= 15 is 0 Å². The summed E-state index contributed by atoms with van der Waals surface area (Å²) in [5.41, 5.74) is 0. The summed E-state index contributed by atoms with van der Waals surface area (Å²) in [7, 11) is 0. The van der Waals surface area contributed by atoms with E-state index in [0.29, 0.717) is 6.07 Å². The zero-order valence-electron chi connectivity index (χ0n) is 8.28. The molecule has 0 aliphatic heterocycles. The molecule has 1 aromatic rings. The van der Waals surface area contributed by atoms with Crippen LogP contribution in [-0.2, 0) is 0 Å². The highest BCUT2D eigenvalue weighted by atomic mass is 79.9. The molecule has 1 rings (SSSR count). The summed E-state index contributed by atoms with van der Waals surface area (Å²) in [6, 6.07) is 0.586. The molecule has 0 amide bonds. The lowest BCUT2D eigenvalue weighted by Gasteiger charge is -2.11. The van der Waals surface area contributed by atoms with Gasteiger partial charge in [-0.25, -0.2) is 13.2 Å². The summed E-state index contributed by atoms with van der Waals surface area (Å²) < 4.78 is 43.8. The number of hydrogen-bond acceptors (Lipinski definition) is 1. The van der Waals surface area contributed by atoms with Gasteiger partial charge in [-0.1, -0.05) is 13.8 Å². The topological polar surface area (TPSA) is 9.23 Å². The highest BCUT2D eigenvalue weighted by Crippen LogP contribution is 2.30. The SMILES string of the molecule is CC(C)COc1c(F)cc(F)c(Br)c1F. The van der Waals surface area contributed by atoms with Crippen LogP contribution in [0.5, 0.6) is 5.75 Å². The molecule has 0 heterocycles. The van der Waals surface area contributed by atoms with Crippen molar-refractivity contribution in [2.75, 3.05) is 6.61 Å². The maximum Gasteiger partial charge on any atom is 0.192 e. The largest absolute Gasteiger partial charge is 0.487 e. The predicted molar refractivity (Wildman–Crippen MR) is 54.3 cm³/mol. The first kappa shape index (κ1) is 12.4. The lowest BCUT2D eigenvalue weighted by atomic mass is 10.2. The van der Waals surface area contributed by atoms with Crippen LogP contribution in [0.25, 0.3) is 0 Å². The van der Waals surface area contributed by atoms with E-state index in [1.807, 2.05) is 13.8 Å². The first-order chi connectivity index (χ1) is 6.93. The van der Waals surface area contributed by atoms with Gasteiger partial charge in [-0.15, -0.1) is 0 Å². The van der Waals surface area contributed by atoms with E-state index in [9.17, 15) is 13.2 Å². The molecule has 0 fully saturated rings. The Labute approximate surface area is 94.4 Å². The first-order valence-corrected chi connectivity index (χ1v) is 5.18. The minimum atomic E-state index is -1.05. The number of hydrogen-bond donors (Lipinski definition) is 0. The molecular formula is C10H10BrF3O. The van der Waals surface area contributed by atoms with Gasteiger partial charge in [0.25, 0.3) is 0 Å². The van der Waals surface area contributed by atoms with Crippen molar-refractivity contribution in [2.45, 2.75) is 13.8 Å². The standard InChI is InChI=1S/C10H10BrF3O/c1-5(2)4-15-10-7(13)3-6(12)8(11)9(10)14/h3,5H,4H2,1-2H3. The lowest BCUT2D eigenvalue weighted by molar-refractivity contribution is 0.245. The summed E-state index contributed by atoms with van der Waals surface area (Å²) in [6.45, 7) is 3.86. The van der Waals surface area contributed by atoms with Gasteiger partial charge in [-0.05, 0) is 21.8 Å². The lowest BCUT2D eigenvalue weighted by Crippen LogP contribution is -2.08. The highest BCUT2D eigenvalue weighted by molar-refractivity contribution is 9.10. The molecule has 1 nitrogen and oxygen atoms in total. The maximum atomic E-state index is 13.3. The Hall–Kier alpha value is -0.710. The third-order valence-electron chi connectivity index (χ3n) is 1.63. The third kappa shape index (κ3) is 2.87. The van der Waals surface area contributed by atoms with Crippen LogP contribution in [0, 0.1) is 23.4 Å². The molecule has 0 aromatic heterocycles. The van der Waals surface area contributed by atoms with E-state index in [4.69, 9.17) is 4.74 Å². The van der Waals surface area contributed by atoms with Crippen LogP contribution in [0.1, 0.15) is 13.8 Å². The second-order valence-electron chi connectivity index (χ2n) is 3.50. The molecule has 0 bridgehead atoms. The van der Waals surface area contributed by atoms with Crippen LogP contribution in [0.4, 0.5) is 13.2 Å². The van der Waals surface area contributed by atoms with Gasteiger partial charge < -0.3 is 4.74 Å². The molecule has 1 aromatic carbocycles. The van der Waals surface area contributed by atoms with E-state index in [0.717, 1.165) is 0 Å². The van der Waals surface area contributed by atoms with Crippen LogP contribution < -0.4 is 4.74 Å². The summed E-state index contributed by atoms with van der Waals surface area (Å²) >= 11 is 2.67. The maximum absolute atomic E-state index is 13.3. The van der Waals surface area contributed by atoms with E-state index in [1.165, 1.54) is 0 Å². The van der Waals surface area contributed by atoms with E-state index in [-0.39, 0.29) is 12.5 Å². The van der Waals surface area contributed by atoms with Crippen LogP contribution in [0.3, 0.4) is 0 Å². The molecular weight excluding hydrogens is 273 g/mol. The van der Waals surface area contributed by atoms with Crippen LogP contribution in [0.2, 0.25) is 0 Å². The van der Waals surface area contributed by atoms with Gasteiger partial charge in [-0.3, -0.25) is 0 Å². The van der Waals surface area contributed by atoms with Crippen molar-refractivity contribution in [1.82, 2.24) is 0 Å². The molecule has 0 radical (unpaired) electrons. The number of rotatable bonds is 3. The van der Waals surface area contributed by atoms with Crippen molar-refractivity contribution < 1.29 is 17.9 Å². The van der Waals surface area contributed by atoms with Crippen molar-refractivity contribution in [3.05, 3.63) is 28.0 Å². The molecule has 0 saturated heterocycles. The fourth-order valence-corrected chi connectivity index (χ4v) is 1.23. The van der Waals surface area contributed by atoms with Crippen molar-refractivity contribution >= 4 is 15.9 Å². The second-order valence-corrected chi connectivity index (χ2v) is 4.30. The number of benzene rings is 1. The van der Waals surface area contributed by atoms with E-state index < -0.39 is 27.7 Å². The summed E-state index contributed by atoms with van der Waals surface area (Å²) in [6.07, 6.45) is 0. The normalized spacial score (nSPS) is 10.9. The third-order valence-corrected chi connectivity index (χ3v) is 2.36. The van der Waals surface area contributed by atoms with Gasteiger partial charge in [0.2, 0.25) is 0 Å². The number of ether oxygens (including phenoxy) is 1. The molecule has 84 valence electrons. The van der Waals surface area contributed by atoms with Gasteiger partial charge >= 0.3 is 0 Å². The first-order valence-electron chi connectivity index (χ1n) is 4.39. The molecule has 0 atom stereocenters. The minimum Gasteiger partial charge on any atom is -0.487 e. The zero-order valence-corrected chi connectivity index (χ0v) is 9.87. The Kier molecular flexibility index (Phi) is 4.02. The average molecular weight is 283 g/mol. The van der Waals surface area contributed by atoms with Crippen molar-refractivity contribution in [3.8, 4) is 5.75 Å². The smallest absolute Gasteiger partial charge is 0.192 e. The molecule has 0 saturated carbocycles.